The number of nitrogens with one attached hydrogen (secondary N) is 1. The Balaban J connectivity index is 1.77. The molecule has 3 N–H and O–H groups in total. The first kappa shape index (κ1) is 25.0. The zero-order chi connectivity index (χ0) is 24.3. The van der Waals surface area contributed by atoms with Gasteiger partial charge < -0.3 is 39.2 Å². The largest absolute Gasteiger partial charge is 0.487 e. The average Bonchev–Trinajstić information content (AvgIpc) is 2.82. The van der Waals surface area contributed by atoms with E-state index in [2.05, 4.69) is 5.32 Å². The Morgan fingerprint density at radius 1 is 0.618 bits per heavy atom. The first-order valence-electron chi connectivity index (χ1n) is 10.5. The van der Waals surface area contributed by atoms with Crippen LogP contribution < -0.4 is 14.8 Å². The molecule has 0 spiro atoms. The molecule has 0 saturated heterocycles. The van der Waals surface area contributed by atoms with Crippen molar-refractivity contribution in [1.29, 1.82) is 0 Å². The molecule has 1 aliphatic heterocycles. The number of aromatic carboxylic acids is 2. The van der Waals surface area contributed by atoms with Gasteiger partial charge in [-0.1, -0.05) is 0 Å². The highest BCUT2D eigenvalue weighted by Crippen LogP contribution is 2.29. The molecule has 2 aromatic carbocycles. The quantitative estimate of drug-likeness (QED) is 0.600. The van der Waals surface area contributed by atoms with Crippen LogP contribution in [0.4, 0.5) is 5.69 Å². The molecule has 0 radical (unpaired) electrons. The van der Waals surface area contributed by atoms with Crippen molar-refractivity contribution in [1.82, 2.24) is 0 Å². The third-order valence-electron chi connectivity index (χ3n) is 4.61. The summed E-state index contributed by atoms with van der Waals surface area (Å²) in [6, 6.07) is 7.92. The number of rotatable bonds is 4. The van der Waals surface area contributed by atoms with Crippen molar-refractivity contribution < 1.29 is 48.3 Å². The van der Waals surface area contributed by atoms with E-state index in [0.29, 0.717) is 51.1 Å². The van der Waals surface area contributed by atoms with Crippen LogP contribution in [0, 0.1) is 0 Å². The van der Waals surface area contributed by atoms with Crippen molar-refractivity contribution in [2.24, 2.45) is 0 Å². The molecule has 0 aromatic heterocycles. The Morgan fingerprint density at radius 2 is 1.12 bits per heavy atom. The van der Waals surface area contributed by atoms with Crippen molar-refractivity contribution in [2.45, 2.75) is 0 Å². The average molecular weight is 475 g/mol. The maximum absolute atomic E-state index is 12.8. The predicted octanol–water partition coefficient (Wildman–Crippen LogP) is 2.16. The zero-order valence-corrected chi connectivity index (χ0v) is 18.3. The van der Waals surface area contributed by atoms with Gasteiger partial charge in [0.2, 0.25) is 0 Å². The summed E-state index contributed by atoms with van der Waals surface area (Å²) in [6.45, 7) is 2.84. The minimum atomic E-state index is -1.32. The summed E-state index contributed by atoms with van der Waals surface area (Å²) in [4.78, 5) is 35.4. The molecule has 1 amide bonds. The number of hydrogen-bond donors (Lipinski definition) is 3. The molecule has 0 saturated carbocycles. The van der Waals surface area contributed by atoms with Crippen molar-refractivity contribution in [2.75, 3.05) is 58.2 Å². The lowest BCUT2D eigenvalue weighted by Crippen LogP contribution is -2.15. The predicted molar refractivity (Wildman–Crippen MR) is 118 cm³/mol. The van der Waals surface area contributed by atoms with E-state index in [0.717, 1.165) is 6.07 Å². The second kappa shape index (κ2) is 12.5. The lowest BCUT2D eigenvalue weighted by Gasteiger charge is -2.14. The van der Waals surface area contributed by atoms with E-state index < -0.39 is 17.8 Å². The normalized spacial score (nSPS) is 15.4. The Labute approximate surface area is 195 Å². The fourth-order valence-corrected chi connectivity index (χ4v) is 2.99. The topological polar surface area (TPSA) is 150 Å². The molecule has 0 atom stereocenters. The lowest BCUT2D eigenvalue weighted by atomic mass is 10.1. The third kappa shape index (κ3) is 7.44. The smallest absolute Gasteiger partial charge is 0.335 e. The molecule has 11 nitrogen and oxygen atoms in total. The first-order valence-corrected chi connectivity index (χ1v) is 10.5. The first-order chi connectivity index (χ1) is 16.4. The summed E-state index contributed by atoms with van der Waals surface area (Å²) in [7, 11) is 0. The highest BCUT2D eigenvalue weighted by molar-refractivity contribution is 6.06. The molecule has 0 bridgehead atoms. The second-order valence-electron chi connectivity index (χ2n) is 7.06. The maximum atomic E-state index is 12.8. The van der Waals surface area contributed by atoms with Crippen LogP contribution in [-0.4, -0.2) is 80.9 Å². The van der Waals surface area contributed by atoms with Crippen LogP contribution in [0.2, 0.25) is 0 Å². The van der Waals surface area contributed by atoms with E-state index >= 15 is 0 Å². The lowest BCUT2D eigenvalue weighted by molar-refractivity contribution is 0.00708. The molecule has 0 fully saturated rings. The van der Waals surface area contributed by atoms with E-state index in [-0.39, 0.29) is 35.6 Å². The van der Waals surface area contributed by atoms with Gasteiger partial charge in [-0.2, -0.15) is 0 Å². The number of anilines is 1. The van der Waals surface area contributed by atoms with Gasteiger partial charge in [-0.25, -0.2) is 9.59 Å². The Bertz CT molecular complexity index is 991. The number of carboxylic acids is 2. The summed E-state index contributed by atoms with van der Waals surface area (Å²) >= 11 is 0. The molecule has 11 heteroatoms. The summed E-state index contributed by atoms with van der Waals surface area (Å²) in [5.74, 6) is -2.49. The number of carbonyl (C=O) groups excluding carboxylic acids is 1. The summed E-state index contributed by atoms with van der Waals surface area (Å²) in [5, 5.41) is 21.0. The SMILES string of the molecule is O=C(O)c1cc(NC(=O)c2ccc3c(c2)OCCOCCOCCOCCO3)cc(C(=O)O)c1. The van der Waals surface area contributed by atoms with Gasteiger partial charge >= 0.3 is 11.9 Å². The Morgan fingerprint density at radius 3 is 1.65 bits per heavy atom. The molecule has 0 aliphatic carbocycles. The van der Waals surface area contributed by atoms with Crippen molar-refractivity contribution in [3.63, 3.8) is 0 Å². The fraction of sp³-hybridized carbons (Fsp3) is 0.348. The second-order valence-corrected chi connectivity index (χ2v) is 7.06. The van der Waals surface area contributed by atoms with Crippen LogP contribution in [0.1, 0.15) is 31.1 Å². The van der Waals surface area contributed by atoms with Gasteiger partial charge in [0.25, 0.3) is 5.91 Å². The van der Waals surface area contributed by atoms with Gasteiger partial charge in [-0.05, 0) is 36.4 Å². The number of hydrogen-bond acceptors (Lipinski definition) is 8. The fourth-order valence-electron chi connectivity index (χ4n) is 2.99. The summed E-state index contributed by atoms with van der Waals surface area (Å²) < 4.78 is 27.7. The minimum Gasteiger partial charge on any atom is -0.487 e. The van der Waals surface area contributed by atoms with Gasteiger partial charge in [-0.3, -0.25) is 4.79 Å². The van der Waals surface area contributed by atoms with Gasteiger partial charge in [0.1, 0.15) is 13.2 Å². The van der Waals surface area contributed by atoms with Crippen LogP contribution in [-0.2, 0) is 14.2 Å². The van der Waals surface area contributed by atoms with Crippen molar-refractivity contribution in [3.8, 4) is 11.5 Å². The number of carbonyl (C=O) groups is 3. The number of fused-ring (bicyclic) bond motifs is 1. The number of carboxylic acid groups (broad SMARTS) is 2. The van der Waals surface area contributed by atoms with E-state index in [1.165, 1.54) is 24.3 Å². The molecule has 2 aromatic rings. The van der Waals surface area contributed by atoms with Gasteiger partial charge in [0.05, 0.1) is 50.8 Å². The zero-order valence-electron chi connectivity index (χ0n) is 18.3. The van der Waals surface area contributed by atoms with Crippen molar-refractivity contribution >= 4 is 23.5 Å². The van der Waals surface area contributed by atoms with Gasteiger partial charge in [0.15, 0.2) is 11.5 Å². The van der Waals surface area contributed by atoms with Crippen LogP contribution in [0.25, 0.3) is 0 Å². The molecule has 1 heterocycles. The van der Waals surface area contributed by atoms with Crippen LogP contribution in [0.5, 0.6) is 11.5 Å². The highest BCUT2D eigenvalue weighted by Gasteiger charge is 2.16. The van der Waals surface area contributed by atoms with Crippen LogP contribution in [0.15, 0.2) is 36.4 Å². The Kier molecular flexibility index (Phi) is 9.21. The monoisotopic (exact) mass is 475 g/mol. The van der Waals surface area contributed by atoms with E-state index in [1.807, 2.05) is 0 Å². The van der Waals surface area contributed by atoms with Crippen LogP contribution in [0.3, 0.4) is 0 Å². The van der Waals surface area contributed by atoms with Gasteiger partial charge in [0, 0.05) is 11.3 Å². The van der Waals surface area contributed by atoms with Crippen LogP contribution >= 0.6 is 0 Å². The molecule has 34 heavy (non-hydrogen) atoms. The van der Waals surface area contributed by atoms with E-state index in [9.17, 15) is 24.6 Å². The molecular formula is C23H25NO10. The van der Waals surface area contributed by atoms with E-state index in [4.69, 9.17) is 23.7 Å². The third-order valence-corrected chi connectivity index (χ3v) is 4.61. The molecule has 0 unspecified atom stereocenters. The standard InChI is InChI=1S/C23H25NO10/c25-21(24-18-12-16(22(26)27)11-17(13-18)23(28)29)15-1-2-19-20(14-15)34-10-8-32-6-4-30-3-5-31-7-9-33-19/h1-2,11-14H,3-10H2,(H,24,25)(H,26,27)(H,28,29). The van der Waals surface area contributed by atoms with E-state index in [1.54, 1.807) is 6.07 Å². The van der Waals surface area contributed by atoms with Gasteiger partial charge in [-0.15, -0.1) is 0 Å². The minimum absolute atomic E-state index is 0.0309. The Hall–Kier alpha value is -3.67. The number of ether oxygens (including phenoxy) is 5. The molecule has 3 rings (SSSR count). The highest BCUT2D eigenvalue weighted by atomic mass is 16.6. The van der Waals surface area contributed by atoms with Crippen molar-refractivity contribution in [3.05, 3.63) is 53.1 Å². The number of amides is 1. The summed E-state index contributed by atoms with van der Waals surface area (Å²) in [5.41, 5.74) is -0.300. The maximum Gasteiger partial charge on any atom is 0.335 e. The molecule has 182 valence electrons. The molecular weight excluding hydrogens is 450 g/mol. The number of benzene rings is 2. The molecule has 1 aliphatic rings. The summed E-state index contributed by atoms with van der Waals surface area (Å²) in [6.07, 6.45) is 0.